The van der Waals surface area contributed by atoms with Crippen LogP contribution in [-0.2, 0) is 10.0 Å². The molecule has 1 aromatic heterocycles. The number of hydrogen-bond donors (Lipinski definition) is 4. The van der Waals surface area contributed by atoms with Gasteiger partial charge in [0, 0.05) is 25.8 Å². The van der Waals surface area contributed by atoms with Gasteiger partial charge in [0.2, 0.25) is 10.0 Å². The second-order valence-corrected chi connectivity index (χ2v) is 5.89. The van der Waals surface area contributed by atoms with Gasteiger partial charge >= 0.3 is 6.03 Å². The molecule has 0 aliphatic carbocycles. The van der Waals surface area contributed by atoms with E-state index in [9.17, 15) is 13.2 Å². The first-order chi connectivity index (χ1) is 9.36. The quantitative estimate of drug-likeness (QED) is 0.530. The van der Waals surface area contributed by atoms with Crippen LogP contribution in [0.3, 0.4) is 0 Å². The van der Waals surface area contributed by atoms with Crippen molar-refractivity contribution < 1.29 is 13.2 Å². The minimum absolute atomic E-state index is 0.0118. The number of urea groups is 1. The molecule has 0 bridgehead atoms. The van der Waals surface area contributed by atoms with E-state index in [1.165, 1.54) is 12.3 Å². The fourth-order valence-corrected chi connectivity index (χ4v) is 2.62. The molecular weight excluding hydrogens is 306 g/mol. The summed E-state index contributed by atoms with van der Waals surface area (Å²) in [4.78, 5) is 14.3. The Morgan fingerprint density at radius 1 is 1.45 bits per heavy atom. The van der Waals surface area contributed by atoms with Gasteiger partial charge in [-0.05, 0) is 13.0 Å². The molecule has 10 heteroatoms. The molecule has 112 valence electrons. The summed E-state index contributed by atoms with van der Waals surface area (Å²) in [7, 11) is -3.73. The largest absolute Gasteiger partial charge is 0.369 e. The Morgan fingerprint density at radius 2 is 2.15 bits per heavy atom. The average Bonchev–Trinajstić information content (AvgIpc) is 2.37. The van der Waals surface area contributed by atoms with Crippen LogP contribution in [0.1, 0.15) is 6.92 Å². The normalized spacial score (nSPS) is 11.1. The molecule has 0 aliphatic heterocycles. The van der Waals surface area contributed by atoms with Crippen LogP contribution < -0.4 is 21.1 Å². The van der Waals surface area contributed by atoms with Gasteiger partial charge in [0.1, 0.15) is 10.7 Å². The number of pyridine rings is 1. The molecule has 1 heterocycles. The summed E-state index contributed by atoms with van der Waals surface area (Å²) in [6.07, 6.45) is 1.20. The molecule has 0 spiro atoms. The molecule has 8 nitrogen and oxygen atoms in total. The van der Waals surface area contributed by atoms with Crippen LogP contribution >= 0.6 is 11.6 Å². The van der Waals surface area contributed by atoms with E-state index in [1.807, 2.05) is 6.92 Å². The second-order valence-electron chi connectivity index (χ2n) is 3.72. The van der Waals surface area contributed by atoms with E-state index in [4.69, 9.17) is 17.3 Å². The fourth-order valence-electron chi connectivity index (χ4n) is 1.32. The highest BCUT2D eigenvalue weighted by molar-refractivity contribution is 7.89. The van der Waals surface area contributed by atoms with Crippen molar-refractivity contribution in [3.8, 4) is 0 Å². The van der Waals surface area contributed by atoms with Crippen molar-refractivity contribution >= 4 is 33.5 Å². The highest BCUT2D eigenvalue weighted by Crippen LogP contribution is 2.22. The van der Waals surface area contributed by atoms with Crippen molar-refractivity contribution in [1.29, 1.82) is 0 Å². The van der Waals surface area contributed by atoms with Gasteiger partial charge in [-0.3, -0.25) is 0 Å². The predicted molar refractivity (Wildman–Crippen MR) is 76.2 cm³/mol. The molecule has 1 rings (SSSR count). The van der Waals surface area contributed by atoms with E-state index in [0.717, 1.165) is 0 Å². The molecule has 0 unspecified atom stereocenters. The zero-order valence-electron chi connectivity index (χ0n) is 10.8. The molecule has 0 saturated carbocycles. The summed E-state index contributed by atoms with van der Waals surface area (Å²) in [5.74, 6) is 0.420. The third-order valence-electron chi connectivity index (χ3n) is 2.19. The van der Waals surface area contributed by atoms with E-state index in [0.29, 0.717) is 12.4 Å². The van der Waals surface area contributed by atoms with Gasteiger partial charge in [0.15, 0.2) is 0 Å². The Labute approximate surface area is 122 Å². The summed E-state index contributed by atoms with van der Waals surface area (Å²) in [6.45, 7) is 2.59. The summed E-state index contributed by atoms with van der Waals surface area (Å²) < 4.78 is 26.1. The SMILES string of the molecule is CCNc1ncc(S(=O)(=O)NCCNC(N)=O)cc1Cl. The maximum atomic E-state index is 11.9. The molecule has 20 heavy (non-hydrogen) atoms. The zero-order chi connectivity index (χ0) is 15.2. The van der Waals surface area contributed by atoms with Crippen molar-refractivity contribution in [2.45, 2.75) is 11.8 Å². The number of hydrogen-bond acceptors (Lipinski definition) is 5. The van der Waals surface area contributed by atoms with Crippen LogP contribution in [0.25, 0.3) is 0 Å². The van der Waals surface area contributed by atoms with Crippen molar-refractivity contribution in [1.82, 2.24) is 15.0 Å². The maximum Gasteiger partial charge on any atom is 0.312 e. The van der Waals surface area contributed by atoms with E-state index < -0.39 is 16.1 Å². The molecule has 2 amide bonds. The Bertz CT molecular complexity index is 578. The number of nitrogens with one attached hydrogen (secondary N) is 3. The first-order valence-corrected chi connectivity index (χ1v) is 7.65. The van der Waals surface area contributed by atoms with Gasteiger partial charge in [-0.2, -0.15) is 0 Å². The van der Waals surface area contributed by atoms with Crippen molar-refractivity contribution in [2.75, 3.05) is 25.0 Å². The molecule has 5 N–H and O–H groups in total. The van der Waals surface area contributed by atoms with Crippen LogP contribution in [0.15, 0.2) is 17.2 Å². The second kappa shape index (κ2) is 7.27. The first kappa shape index (κ1) is 16.5. The van der Waals surface area contributed by atoms with E-state index in [1.54, 1.807) is 0 Å². The number of amides is 2. The number of halogens is 1. The van der Waals surface area contributed by atoms with Crippen LogP contribution in [0, 0.1) is 0 Å². The number of nitrogens with zero attached hydrogens (tertiary/aromatic N) is 1. The molecule has 0 atom stereocenters. The molecule has 1 aromatic rings. The van der Waals surface area contributed by atoms with Gasteiger partial charge in [0.25, 0.3) is 0 Å². The van der Waals surface area contributed by atoms with Gasteiger partial charge in [0.05, 0.1) is 5.02 Å². The molecule has 0 saturated heterocycles. The average molecular weight is 322 g/mol. The van der Waals surface area contributed by atoms with E-state index in [-0.39, 0.29) is 23.0 Å². The monoisotopic (exact) mass is 321 g/mol. The number of primary amides is 1. The Hall–Kier alpha value is -1.58. The minimum Gasteiger partial charge on any atom is -0.369 e. The Morgan fingerprint density at radius 3 is 2.70 bits per heavy atom. The molecule has 0 radical (unpaired) electrons. The number of aromatic nitrogens is 1. The van der Waals surface area contributed by atoms with Crippen LogP contribution in [0.2, 0.25) is 5.02 Å². The smallest absolute Gasteiger partial charge is 0.312 e. The standard InChI is InChI=1S/C10H16ClN5O3S/c1-2-13-9-8(11)5-7(6-15-9)20(18,19)16-4-3-14-10(12)17/h5-6,16H,2-4H2,1H3,(H,13,15)(H3,12,14,17). The van der Waals surface area contributed by atoms with Crippen LogP contribution in [0.4, 0.5) is 10.6 Å². The number of sulfonamides is 1. The van der Waals surface area contributed by atoms with Crippen LogP contribution in [0.5, 0.6) is 0 Å². The van der Waals surface area contributed by atoms with Crippen molar-refractivity contribution in [3.63, 3.8) is 0 Å². The summed E-state index contributed by atoms with van der Waals surface area (Å²) in [5, 5.41) is 5.38. The Balaban J connectivity index is 2.72. The van der Waals surface area contributed by atoms with Crippen LogP contribution in [-0.4, -0.2) is 39.1 Å². The number of carbonyl (C=O) groups is 1. The van der Waals surface area contributed by atoms with Crippen molar-refractivity contribution in [2.24, 2.45) is 5.73 Å². The lowest BCUT2D eigenvalue weighted by Crippen LogP contribution is -2.37. The number of rotatable bonds is 7. The molecule has 0 aromatic carbocycles. The lowest BCUT2D eigenvalue weighted by atomic mass is 10.4. The number of carbonyl (C=O) groups excluding carboxylic acids is 1. The van der Waals surface area contributed by atoms with E-state index >= 15 is 0 Å². The third kappa shape index (κ3) is 4.83. The highest BCUT2D eigenvalue weighted by atomic mass is 35.5. The van der Waals surface area contributed by atoms with Gasteiger partial charge < -0.3 is 16.4 Å². The van der Waals surface area contributed by atoms with Gasteiger partial charge in [-0.1, -0.05) is 11.6 Å². The zero-order valence-corrected chi connectivity index (χ0v) is 12.4. The first-order valence-electron chi connectivity index (χ1n) is 5.79. The maximum absolute atomic E-state index is 11.9. The summed E-state index contributed by atoms with van der Waals surface area (Å²) in [6, 6.07) is 0.583. The van der Waals surface area contributed by atoms with Crippen molar-refractivity contribution in [3.05, 3.63) is 17.3 Å². The summed E-state index contributed by atoms with van der Waals surface area (Å²) in [5.41, 5.74) is 4.86. The fraction of sp³-hybridized carbons (Fsp3) is 0.400. The predicted octanol–water partition coefficient (Wildman–Crippen LogP) is 0.113. The lowest BCUT2D eigenvalue weighted by molar-refractivity contribution is 0.249. The number of anilines is 1. The summed E-state index contributed by atoms with van der Waals surface area (Å²) >= 11 is 5.93. The molecule has 0 aliphatic rings. The third-order valence-corrected chi connectivity index (χ3v) is 3.90. The Kier molecular flexibility index (Phi) is 5.99. The van der Waals surface area contributed by atoms with Gasteiger partial charge in [-0.15, -0.1) is 0 Å². The number of nitrogens with two attached hydrogens (primary N) is 1. The van der Waals surface area contributed by atoms with E-state index in [2.05, 4.69) is 20.3 Å². The highest BCUT2D eigenvalue weighted by Gasteiger charge is 2.16. The topological polar surface area (TPSA) is 126 Å². The molecule has 0 fully saturated rings. The van der Waals surface area contributed by atoms with Gasteiger partial charge in [-0.25, -0.2) is 22.9 Å². The molecular formula is C10H16ClN5O3S. The lowest BCUT2D eigenvalue weighted by Gasteiger charge is -2.09. The minimum atomic E-state index is -3.73.